The van der Waals surface area contributed by atoms with Crippen LogP contribution < -0.4 is 0 Å². The molecule has 1 aliphatic rings. The molecule has 0 spiro atoms. The van der Waals surface area contributed by atoms with Crippen molar-refractivity contribution >= 4 is 11.8 Å². The third-order valence-corrected chi connectivity index (χ3v) is 4.54. The third kappa shape index (κ3) is 1.61. The van der Waals surface area contributed by atoms with Crippen molar-refractivity contribution in [1.29, 1.82) is 0 Å². The summed E-state index contributed by atoms with van der Waals surface area (Å²) < 4.78 is 2.02. The number of aryl methyl sites for hydroxylation is 2. The van der Waals surface area contributed by atoms with Gasteiger partial charge in [0.25, 0.3) is 0 Å². The van der Waals surface area contributed by atoms with Crippen LogP contribution in [0.25, 0.3) is 11.3 Å². The second kappa shape index (κ2) is 3.39. The molecule has 2 aromatic rings. The highest BCUT2D eigenvalue weighted by Crippen LogP contribution is 2.51. The normalized spacial score (nSPS) is 16.5. The maximum atomic E-state index is 4.63. The summed E-state index contributed by atoms with van der Waals surface area (Å²) in [4.78, 5) is 1.34. The Morgan fingerprint density at radius 3 is 2.82 bits per heavy atom. The van der Waals surface area contributed by atoms with Gasteiger partial charge in [0.05, 0.1) is 5.69 Å². The van der Waals surface area contributed by atoms with Gasteiger partial charge < -0.3 is 0 Å². The fourth-order valence-electron chi connectivity index (χ4n) is 2.38. The van der Waals surface area contributed by atoms with E-state index in [0.717, 1.165) is 5.69 Å². The van der Waals surface area contributed by atoms with Crippen LogP contribution in [0.4, 0.5) is 0 Å². The lowest BCUT2D eigenvalue weighted by atomic mass is 9.97. The molecular formula is C14H16N2S. The van der Waals surface area contributed by atoms with Gasteiger partial charge in [-0.2, -0.15) is 5.10 Å². The molecule has 0 saturated carbocycles. The maximum Gasteiger partial charge on any atom is 0.0980 e. The highest BCUT2D eigenvalue weighted by atomic mass is 32.2. The van der Waals surface area contributed by atoms with Crippen LogP contribution >= 0.6 is 11.8 Å². The van der Waals surface area contributed by atoms with Crippen molar-refractivity contribution in [2.75, 3.05) is 0 Å². The quantitative estimate of drug-likeness (QED) is 0.702. The van der Waals surface area contributed by atoms with Crippen LogP contribution in [0.5, 0.6) is 0 Å². The lowest BCUT2D eigenvalue weighted by Gasteiger charge is -2.30. The van der Waals surface area contributed by atoms with Gasteiger partial charge in [-0.1, -0.05) is 11.6 Å². The van der Waals surface area contributed by atoms with Crippen LogP contribution in [0, 0.1) is 6.92 Å². The molecule has 1 aromatic carbocycles. The van der Waals surface area contributed by atoms with E-state index in [2.05, 4.69) is 50.3 Å². The Morgan fingerprint density at radius 2 is 2.06 bits per heavy atom. The van der Waals surface area contributed by atoms with E-state index in [9.17, 15) is 0 Å². The van der Waals surface area contributed by atoms with Crippen molar-refractivity contribution in [3.63, 3.8) is 0 Å². The molecule has 0 saturated heterocycles. The number of aromatic nitrogens is 2. The van der Waals surface area contributed by atoms with Gasteiger partial charge in [-0.15, -0.1) is 11.8 Å². The zero-order valence-corrected chi connectivity index (χ0v) is 11.4. The van der Waals surface area contributed by atoms with Gasteiger partial charge in [0, 0.05) is 34.0 Å². The molecule has 0 fully saturated rings. The van der Waals surface area contributed by atoms with Crippen LogP contribution in [0.3, 0.4) is 0 Å². The van der Waals surface area contributed by atoms with Crippen LogP contribution in [-0.2, 0) is 11.8 Å². The number of hydrogen-bond acceptors (Lipinski definition) is 2. The van der Waals surface area contributed by atoms with Crippen molar-refractivity contribution in [2.45, 2.75) is 30.4 Å². The van der Waals surface area contributed by atoms with E-state index in [1.54, 1.807) is 0 Å². The maximum absolute atomic E-state index is 4.63. The zero-order chi connectivity index (χ0) is 12.2. The van der Waals surface area contributed by atoms with Crippen molar-refractivity contribution in [1.82, 2.24) is 9.78 Å². The first-order valence-electron chi connectivity index (χ1n) is 5.81. The van der Waals surface area contributed by atoms with Crippen molar-refractivity contribution in [3.8, 4) is 11.3 Å². The van der Waals surface area contributed by atoms with E-state index in [1.807, 2.05) is 23.5 Å². The zero-order valence-electron chi connectivity index (χ0n) is 10.6. The van der Waals surface area contributed by atoms with Crippen molar-refractivity contribution < 1.29 is 0 Å². The van der Waals surface area contributed by atoms with E-state index in [-0.39, 0.29) is 4.75 Å². The summed E-state index contributed by atoms with van der Waals surface area (Å²) in [6, 6.07) is 6.63. The summed E-state index contributed by atoms with van der Waals surface area (Å²) in [5, 5.41) is 4.63. The molecule has 2 nitrogen and oxygen atoms in total. The highest BCUT2D eigenvalue weighted by Gasteiger charge is 2.34. The monoisotopic (exact) mass is 244 g/mol. The van der Waals surface area contributed by atoms with Gasteiger partial charge in [0.15, 0.2) is 0 Å². The third-order valence-electron chi connectivity index (χ3n) is 3.23. The van der Waals surface area contributed by atoms with E-state index >= 15 is 0 Å². The standard InChI is InChI=1S/C14H16N2S/c1-9-5-6-12-10(7-9)13-11(8-16(4)15-13)14(2,3)17-12/h5-8H,1-4H3. The van der Waals surface area contributed by atoms with Crippen LogP contribution in [0.2, 0.25) is 0 Å². The van der Waals surface area contributed by atoms with Crippen LogP contribution in [0.15, 0.2) is 29.3 Å². The van der Waals surface area contributed by atoms with Gasteiger partial charge in [-0.25, -0.2) is 0 Å². The lowest BCUT2D eigenvalue weighted by molar-refractivity contribution is 0.757. The molecule has 0 aliphatic carbocycles. The van der Waals surface area contributed by atoms with E-state index in [1.165, 1.54) is 21.6 Å². The molecular weight excluding hydrogens is 228 g/mol. The van der Waals surface area contributed by atoms with Crippen LogP contribution in [-0.4, -0.2) is 9.78 Å². The van der Waals surface area contributed by atoms with Gasteiger partial charge in [-0.05, 0) is 32.9 Å². The average molecular weight is 244 g/mol. The molecule has 0 N–H and O–H groups in total. The Hall–Kier alpha value is -1.22. The first kappa shape index (κ1) is 10.9. The first-order chi connectivity index (χ1) is 7.97. The summed E-state index contributed by atoms with van der Waals surface area (Å²) in [5.74, 6) is 0. The minimum atomic E-state index is 0.103. The van der Waals surface area contributed by atoms with Gasteiger partial charge in [0.2, 0.25) is 0 Å². The highest BCUT2D eigenvalue weighted by molar-refractivity contribution is 8.00. The van der Waals surface area contributed by atoms with E-state index < -0.39 is 0 Å². The molecule has 0 atom stereocenters. The Labute approximate surface area is 106 Å². The summed E-state index contributed by atoms with van der Waals surface area (Å²) >= 11 is 1.93. The molecule has 3 rings (SSSR count). The number of rotatable bonds is 0. The SMILES string of the molecule is Cc1ccc2c(c1)-c1nn(C)cc1C(C)(C)S2. The topological polar surface area (TPSA) is 17.8 Å². The largest absolute Gasteiger partial charge is 0.275 e. The predicted molar refractivity (Wildman–Crippen MR) is 72.3 cm³/mol. The van der Waals surface area contributed by atoms with Crippen molar-refractivity contribution in [2.24, 2.45) is 7.05 Å². The molecule has 0 radical (unpaired) electrons. The van der Waals surface area contributed by atoms with Gasteiger partial charge in [-0.3, -0.25) is 4.68 Å². The molecule has 17 heavy (non-hydrogen) atoms. The number of nitrogens with zero attached hydrogens (tertiary/aromatic N) is 2. The lowest BCUT2D eigenvalue weighted by Crippen LogP contribution is -2.16. The molecule has 2 heterocycles. The Balaban J connectivity index is 2.32. The minimum absolute atomic E-state index is 0.103. The number of fused-ring (bicyclic) bond motifs is 3. The molecule has 1 aliphatic heterocycles. The Bertz CT molecular complexity index is 596. The second-order valence-corrected chi connectivity index (χ2v) is 6.84. The summed E-state index contributed by atoms with van der Waals surface area (Å²) in [6.07, 6.45) is 2.15. The summed E-state index contributed by atoms with van der Waals surface area (Å²) in [6.45, 7) is 6.66. The summed E-state index contributed by atoms with van der Waals surface area (Å²) in [5.41, 5.74) is 5.06. The van der Waals surface area contributed by atoms with Crippen LogP contribution in [0.1, 0.15) is 25.0 Å². The average Bonchev–Trinajstić information content (AvgIpc) is 2.63. The molecule has 88 valence electrons. The molecule has 0 bridgehead atoms. The van der Waals surface area contributed by atoms with Crippen molar-refractivity contribution in [3.05, 3.63) is 35.5 Å². The molecule has 0 amide bonds. The van der Waals surface area contributed by atoms with Gasteiger partial charge in [0.1, 0.15) is 0 Å². The molecule has 1 aromatic heterocycles. The molecule has 3 heteroatoms. The Morgan fingerprint density at radius 1 is 1.29 bits per heavy atom. The number of benzene rings is 1. The summed E-state index contributed by atoms with van der Waals surface area (Å²) in [7, 11) is 1.99. The predicted octanol–water partition coefficient (Wildman–Crippen LogP) is 3.74. The fraction of sp³-hybridized carbons (Fsp3) is 0.357. The number of hydrogen-bond donors (Lipinski definition) is 0. The smallest absolute Gasteiger partial charge is 0.0980 e. The number of thioether (sulfide) groups is 1. The van der Waals surface area contributed by atoms with E-state index in [0.29, 0.717) is 0 Å². The second-order valence-electron chi connectivity index (χ2n) is 5.18. The van der Waals surface area contributed by atoms with Gasteiger partial charge >= 0.3 is 0 Å². The van der Waals surface area contributed by atoms with E-state index in [4.69, 9.17) is 0 Å². The fourth-order valence-corrected chi connectivity index (χ4v) is 3.59. The molecule has 0 unspecified atom stereocenters. The first-order valence-corrected chi connectivity index (χ1v) is 6.63. The Kier molecular flexibility index (Phi) is 2.17. The minimum Gasteiger partial charge on any atom is -0.275 e.